The van der Waals surface area contributed by atoms with Gasteiger partial charge in [-0.05, 0) is 6.42 Å². The van der Waals surface area contributed by atoms with Gasteiger partial charge in [0.15, 0.2) is 12.4 Å². The highest BCUT2D eigenvalue weighted by Gasteiger charge is 2.53. The summed E-state index contributed by atoms with van der Waals surface area (Å²) in [5.41, 5.74) is 0. The zero-order valence-electron chi connectivity index (χ0n) is 12.7. The minimum absolute atomic E-state index is 0.0516. The summed E-state index contributed by atoms with van der Waals surface area (Å²) in [7, 11) is -14.7. The third kappa shape index (κ3) is 7.35. The lowest BCUT2D eigenvalue weighted by atomic mass is 9.97. The van der Waals surface area contributed by atoms with Crippen molar-refractivity contribution < 1.29 is 60.9 Å². The van der Waals surface area contributed by atoms with Crippen molar-refractivity contribution in [3.05, 3.63) is 0 Å². The van der Waals surface area contributed by atoms with E-state index in [4.69, 9.17) is 23.1 Å². The fourth-order valence-corrected chi connectivity index (χ4v) is 3.64. The van der Waals surface area contributed by atoms with Crippen molar-refractivity contribution in [1.29, 1.82) is 0 Å². The summed E-state index contributed by atoms with van der Waals surface area (Å²) in [6, 6.07) is 0. The maximum Gasteiger partial charge on any atom is 0.397 e. The second-order valence-corrected chi connectivity index (χ2v) is 7.80. The Bertz CT molecular complexity index is 706. The molecule has 0 saturated carbocycles. The molecule has 0 bridgehead atoms. The Balaban J connectivity index is 3.41. The van der Waals surface area contributed by atoms with E-state index in [1.54, 1.807) is 0 Å². The van der Waals surface area contributed by atoms with Crippen molar-refractivity contribution in [2.24, 2.45) is 0 Å². The molecule has 17 heteroatoms. The first-order chi connectivity index (χ1) is 11.2. The molecule has 25 heavy (non-hydrogen) atoms. The third-order valence-electron chi connectivity index (χ3n) is 2.92. The highest BCUT2D eigenvalue weighted by Crippen LogP contribution is 2.32. The monoisotopic (exact) mass is 432 g/mol. The standard InChI is InChI=1S/C8H16O14S3/c1-3-4-5(20-23(9,10)11)6(21-24(12,13)14)7(8(18-2)19-4)22-25(15,16)17/h4-8H,3H2,1-2H3,(H,9,10,11)(H,12,13,14)(H,15,16,17). The van der Waals surface area contributed by atoms with Crippen molar-refractivity contribution in [3.8, 4) is 0 Å². The van der Waals surface area contributed by atoms with Gasteiger partial charge in [0.1, 0.15) is 12.2 Å². The Kier molecular flexibility index (Phi) is 7.26. The quantitative estimate of drug-likeness (QED) is 0.366. The zero-order chi connectivity index (χ0) is 19.6. The number of hydrogen-bond acceptors (Lipinski definition) is 11. The van der Waals surface area contributed by atoms with Crippen molar-refractivity contribution in [2.75, 3.05) is 7.11 Å². The molecule has 0 aromatic heterocycles. The normalized spacial score (nSPS) is 31.8. The summed E-state index contributed by atoms with van der Waals surface area (Å²) >= 11 is 0. The Labute approximate surface area is 143 Å². The fraction of sp³-hybridized carbons (Fsp3) is 1.00. The first-order valence-electron chi connectivity index (χ1n) is 6.32. The van der Waals surface area contributed by atoms with E-state index in [-0.39, 0.29) is 6.42 Å². The van der Waals surface area contributed by atoms with Crippen LogP contribution in [0.25, 0.3) is 0 Å². The lowest BCUT2D eigenvalue weighted by Crippen LogP contribution is -2.61. The predicted octanol–water partition coefficient (Wildman–Crippen LogP) is -1.67. The SMILES string of the molecule is CCC1OC(OC)C(OS(=O)(=O)O)C(OS(=O)(=O)O)C1OS(=O)(=O)O. The molecular formula is C8H16O14S3. The molecule has 1 aliphatic heterocycles. The van der Waals surface area contributed by atoms with E-state index in [0.29, 0.717) is 0 Å². The molecule has 1 saturated heterocycles. The van der Waals surface area contributed by atoms with Gasteiger partial charge in [-0.3, -0.25) is 13.7 Å². The minimum atomic E-state index is -5.29. The largest absolute Gasteiger partial charge is 0.397 e. The van der Waals surface area contributed by atoms with Gasteiger partial charge in [-0.15, -0.1) is 0 Å². The number of ether oxygens (including phenoxy) is 2. The molecule has 0 aromatic carbocycles. The van der Waals surface area contributed by atoms with E-state index >= 15 is 0 Å². The molecule has 0 aliphatic carbocycles. The highest BCUT2D eigenvalue weighted by atomic mass is 32.3. The van der Waals surface area contributed by atoms with Crippen molar-refractivity contribution in [1.82, 2.24) is 0 Å². The van der Waals surface area contributed by atoms with Crippen LogP contribution in [0, 0.1) is 0 Å². The van der Waals surface area contributed by atoms with Crippen LogP contribution in [-0.4, -0.2) is 76.7 Å². The van der Waals surface area contributed by atoms with Gasteiger partial charge in [0.2, 0.25) is 0 Å². The molecule has 5 atom stereocenters. The number of methoxy groups -OCH3 is 1. The van der Waals surface area contributed by atoms with Crippen LogP contribution in [0.5, 0.6) is 0 Å². The molecule has 3 N–H and O–H groups in total. The summed E-state index contributed by atoms with van der Waals surface area (Å²) in [5, 5.41) is 0. The molecule has 0 amide bonds. The Hall–Kier alpha value is -0.470. The van der Waals surface area contributed by atoms with Crippen LogP contribution in [0.15, 0.2) is 0 Å². The number of hydrogen-bond donors (Lipinski definition) is 3. The number of rotatable bonds is 8. The molecule has 1 heterocycles. The van der Waals surface area contributed by atoms with Gasteiger partial charge in [-0.1, -0.05) is 6.92 Å². The van der Waals surface area contributed by atoms with E-state index in [9.17, 15) is 25.3 Å². The van der Waals surface area contributed by atoms with Gasteiger partial charge < -0.3 is 9.47 Å². The van der Waals surface area contributed by atoms with Gasteiger partial charge in [-0.2, -0.15) is 25.3 Å². The van der Waals surface area contributed by atoms with E-state index in [1.807, 2.05) is 0 Å². The lowest BCUT2D eigenvalue weighted by molar-refractivity contribution is -0.275. The molecule has 1 rings (SSSR count). The summed E-state index contributed by atoms with van der Waals surface area (Å²) in [4.78, 5) is 0. The molecule has 0 spiro atoms. The topological polar surface area (TPSA) is 209 Å². The van der Waals surface area contributed by atoms with Crippen LogP contribution in [0.1, 0.15) is 13.3 Å². The van der Waals surface area contributed by atoms with Crippen molar-refractivity contribution in [3.63, 3.8) is 0 Å². The van der Waals surface area contributed by atoms with E-state index < -0.39 is 61.9 Å². The Morgan fingerprint density at radius 1 is 0.800 bits per heavy atom. The average Bonchev–Trinajstić information content (AvgIpc) is 2.38. The van der Waals surface area contributed by atoms with Crippen LogP contribution in [0.4, 0.5) is 0 Å². The summed E-state index contributed by atoms with van der Waals surface area (Å²) in [6.07, 6.45) is -9.36. The minimum Gasteiger partial charge on any atom is -0.353 e. The molecular weight excluding hydrogens is 416 g/mol. The third-order valence-corrected chi connectivity index (χ3v) is 4.32. The smallest absolute Gasteiger partial charge is 0.353 e. The van der Waals surface area contributed by atoms with Gasteiger partial charge in [0, 0.05) is 7.11 Å². The van der Waals surface area contributed by atoms with Crippen LogP contribution >= 0.6 is 0 Å². The molecule has 0 radical (unpaired) electrons. The second kappa shape index (κ2) is 8.05. The van der Waals surface area contributed by atoms with Crippen LogP contribution in [0.2, 0.25) is 0 Å². The zero-order valence-corrected chi connectivity index (χ0v) is 15.1. The first-order valence-corrected chi connectivity index (χ1v) is 10.4. The summed E-state index contributed by atoms with van der Waals surface area (Å²) in [6.45, 7) is 1.44. The van der Waals surface area contributed by atoms with Gasteiger partial charge in [-0.25, -0.2) is 12.5 Å². The average molecular weight is 432 g/mol. The lowest BCUT2D eigenvalue weighted by Gasteiger charge is -2.42. The molecule has 0 aromatic rings. The van der Waals surface area contributed by atoms with Crippen LogP contribution < -0.4 is 0 Å². The second-order valence-electron chi connectivity index (χ2n) is 4.65. The van der Waals surface area contributed by atoms with Gasteiger partial charge >= 0.3 is 31.2 Å². The fourth-order valence-electron chi connectivity index (χ4n) is 2.15. The highest BCUT2D eigenvalue weighted by molar-refractivity contribution is 7.81. The van der Waals surface area contributed by atoms with Gasteiger partial charge in [0.05, 0.1) is 6.10 Å². The van der Waals surface area contributed by atoms with Crippen LogP contribution in [-0.2, 0) is 53.2 Å². The molecule has 1 fully saturated rings. The van der Waals surface area contributed by atoms with E-state index in [2.05, 4.69) is 12.5 Å². The summed E-state index contributed by atoms with van der Waals surface area (Å²) < 4.78 is 115. The molecule has 1 aliphatic rings. The van der Waals surface area contributed by atoms with Crippen LogP contribution in [0.3, 0.4) is 0 Å². The Morgan fingerprint density at radius 2 is 1.20 bits per heavy atom. The van der Waals surface area contributed by atoms with E-state index in [0.717, 1.165) is 7.11 Å². The van der Waals surface area contributed by atoms with Gasteiger partial charge in [0.25, 0.3) is 0 Å². The van der Waals surface area contributed by atoms with Crippen molar-refractivity contribution >= 4 is 31.2 Å². The Morgan fingerprint density at radius 3 is 1.56 bits per heavy atom. The van der Waals surface area contributed by atoms with E-state index in [1.165, 1.54) is 6.92 Å². The molecule has 150 valence electrons. The first kappa shape index (κ1) is 22.6. The molecule has 5 unspecified atom stereocenters. The summed E-state index contributed by atoms with van der Waals surface area (Å²) in [5.74, 6) is 0. The predicted molar refractivity (Wildman–Crippen MR) is 75.2 cm³/mol. The maximum absolute atomic E-state index is 11.0. The molecule has 14 nitrogen and oxygen atoms in total. The van der Waals surface area contributed by atoms with Crippen molar-refractivity contribution in [2.45, 2.75) is 44.1 Å². The maximum atomic E-state index is 11.0.